The van der Waals surface area contributed by atoms with E-state index in [1.54, 1.807) is 11.8 Å². The molecule has 3 aromatic rings. The quantitative estimate of drug-likeness (QED) is 0.364. The van der Waals surface area contributed by atoms with Gasteiger partial charge in [-0.05, 0) is 5.75 Å². The van der Waals surface area contributed by atoms with Gasteiger partial charge in [-0.3, -0.25) is 10.1 Å². The summed E-state index contributed by atoms with van der Waals surface area (Å²) in [6, 6.07) is 0. The average molecular weight is 357 g/mol. The fourth-order valence-corrected chi connectivity index (χ4v) is 3.84. The second-order valence-electron chi connectivity index (χ2n) is 3.88. The molecule has 3 heterocycles. The van der Waals surface area contributed by atoms with Crippen LogP contribution in [0.4, 0.5) is 5.13 Å². The Balaban J connectivity index is 1.57. The molecule has 13 heteroatoms. The Kier molecular flexibility index (Phi) is 4.44. The zero-order valence-corrected chi connectivity index (χ0v) is 13.8. The van der Waals surface area contributed by atoms with Crippen molar-refractivity contribution in [2.45, 2.75) is 16.4 Å². The summed E-state index contributed by atoms with van der Waals surface area (Å²) in [6.07, 6.45) is 1.42. The number of rotatable bonds is 6. The fourth-order valence-electron chi connectivity index (χ4n) is 1.50. The van der Waals surface area contributed by atoms with Gasteiger partial charge < -0.3 is 5.84 Å². The molecular formula is C9H11N9OS3. The minimum absolute atomic E-state index is 0.161. The number of hydrogen-bond acceptors (Lipinski definition) is 10. The molecule has 0 unspecified atom stereocenters. The zero-order chi connectivity index (χ0) is 15.5. The molecule has 3 rings (SSSR count). The number of anilines is 1. The summed E-state index contributed by atoms with van der Waals surface area (Å²) in [5.74, 6) is 6.89. The summed E-state index contributed by atoms with van der Waals surface area (Å²) in [5.41, 5.74) is 0. The minimum atomic E-state index is -0.196. The van der Waals surface area contributed by atoms with Gasteiger partial charge in [0, 0.05) is 0 Å². The van der Waals surface area contributed by atoms with Crippen molar-refractivity contribution in [1.29, 1.82) is 0 Å². The van der Waals surface area contributed by atoms with Crippen LogP contribution in [0.3, 0.4) is 0 Å². The van der Waals surface area contributed by atoms with Crippen LogP contribution in [0.15, 0.2) is 15.8 Å². The van der Waals surface area contributed by atoms with Crippen LogP contribution in [0.25, 0.3) is 5.78 Å². The lowest BCUT2D eigenvalue weighted by Crippen LogP contribution is -2.14. The number of amides is 1. The number of hydrogen-bond donors (Lipinski definition) is 2. The number of nitrogens with zero attached hydrogens (tertiary/aromatic N) is 7. The normalized spacial score (nSPS) is 11.1. The van der Waals surface area contributed by atoms with E-state index in [1.807, 2.05) is 6.92 Å². The van der Waals surface area contributed by atoms with Crippen LogP contribution in [0.5, 0.6) is 0 Å². The smallest absolute Gasteiger partial charge is 0.273 e. The summed E-state index contributed by atoms with van der Waals surface area (Å²) in [5, 5.41) is 23.4. The van der Waals surface area contributed by atoms with Crippen LogP contribution in [0, 0.1) is 0 Å². The highest BCUT2D eigenvalue weighted by Gasteiger charge is 2.13. The monoisotopic (exact) mass is 357 g/mol. The van der Waals surface area contributed by atoms with Gasteiger partial charge in [0.15, 0.2) is 4.34 Å². The lowest BCUT2D eigenvalue weighted by atomic mass is 10.7. The van der Waals surface area contributed by atoms with E-state index in [0.29, 0.717) is 16.1 Å². The summed E-state index contributed by atoms with van der Waals surface area (Å²) in [7, 11) is 0. The molecule has 3 N–H and O–H groups in total. The van der Waals surface area contributed by atoms with Crippen molar-refractivity contribution < 1.29 is 4.79 Å². The number of nitrogens with two attached hydrogens (primary N) is 1. The van der Waals surface area contributed by atoms with Crippen molar-refractivity contribution in [3.05, 3.63) is 6.33 Å². The Morgan fingerprint density at radius 1 is 1.36 bits per heavy atom. The Morgan fingerprint density at radius 2 is 2.23 bits per heavy atom. The van der Waals surface area contributed by atoms with Crippen LogP contribution in [-0.4, -0.2) is 52.1 Å². The highest BCUT2D eigenvalue weighted by atomic mass is 32.2. The largest absolute Gasteiger partial charge is 0.335 e. The van der Waals surface area contributed by atoms with Crippen LogP contribution in [0.1, 0.15) is 6.92 Å². The van der Waals surface area contributed by atoms with E-state index < -0.39 is 0 Å². The molecule has 0 aliphatic heterocycles. The Hall–Kier alpha value is -1.86. The molecule has 0 aliphatic carbocycles. The molecule has 116 valence electrons. The van der Waals surface area contributed by atoms with Gasteiger partial charge in [0.2, 0.25) is 16.2 Å². The van der Waals surface area contributed by atoms with Crippen molar-refractivity contribution in [1.82, 2.24) is 34.7 Å². The van der Waals surface area contributed by atoms with Crippen molar-refractivity contribution in [3.63, 3.8) is 0 Å². The summed E-state index contributed by atoms with van der Waals surface area (Å²) in [4.78, 5) is 11.9. The molecule has 0 saturated carbocycles. The first-order chi connectivity index (χ1) is 10.7. The topological polar surface area (TPSA) is 129 Å². The number of carbonyl (C=O) groups is 1. The van der Waals surface area contributed by atoms with E-state index >= 15 is 0 Å². The molecule has 10 nitrogen and oxygen atoms in total. The van der Waals surface area contributed by atoms with Crippen molar-refractivity contribution in [2.75, 3.05) is 22.7 Å². The van der Waals surface area contributed by atoms with E-state index in [-0.39, 0.29) is 11.7 Å². The fraction of sp³-hybridized carbons (Fsp3) is 0.333. The van der Waals surface area contributed by atoms with Crippen molar-refractivity contribution >= 4 is 51.7 Å². The van der Waals surface area contributed by atoms with Gasteiger partial charge in [-0.1, -0.05) is 41.8 Å². The zero-order valence-electron chi connectivity index (χ0n) is 11.3. The molecule has 0 aromatic carbocycles. The lowest BCUT2D eigenvalue weighted by Gasteiger charge is -1.98. The van der Waals surface area contributed by atoms with Gasteiger partial charge in [-0.25, -0.2) is 4.68 Å². The molecule has 0 atom stereocenters. The highest BCUT2D eigenvalue weighted by molar-refractivity contribution is 8.01. The van der Waals surface area contributed by atoms with E-state index in [9.17, 15) is 4.79 Å². The Bertz CT molecular complexity index is 793. The van der Waals surface area contributed by atoms with Gasteiger partial charge in [-0.2, -0.15) is 9.61 Å². The standard InChI is InChI=1S/C9H11N9OS3/c1-2-20-9-16-13-6(22-9)12-5(19)3-21-8-15-14-7-17(10)4-11-18(7)8/h4H,2-3,10H2,1H3,(H,12,13,19). The van der Waals surface area contributed by atoms with E-state index in [1.165, 1.54) is 38.6 Å². The first kappa shape index (κ1) is 15.1. The summed E-state index contributed by atoms with van der Waals surface area (Å²) in [6.45, 7) is 2.03. The molecule has 0 spiro atoms. The average Bonchev–Trinajstić information content (AvgIpc) is 3.17. The van der Waals surface area contributed by atoms with Crippen LogP contribution in [-0.2, 0) is 4.79 Å². The number of nitrogen functional groups attached to an aromatic ring is 1. The molecule has 0 saturated heterocycles. The third-order valence-corrected chi connectivity index (χ3v) is 5.14. The van der Waals surface area contributed by atoms with Crippen molar-refractivity contribution in [2.24, 2.45) is 0 Å². The first-order valence-corrected chi connectivity index (χ1v) is 8.89. The number of nitrogens with one attached hydrogen (secondary N) is 1. The molecule has 0 radical (unpaired) electrons. The minimum Gasteiger partial charge on any atom is -0.335 e. The van der Waals surface area contributed by atoms with E-state index in [2.05, 4.69) is 30.8 Å². The summed E-state index contributed by atoms with van der Waals surface area (Å²) >= 11 is 4.14. The predicted octanol–water partition coefficient (Wildman–Crippen LogP) is 0.334. The third-order valence-electron chi connectivity index (χ3n) is 2.37. The maximum atomic E-state index is 11.9. The number of fused-ring (bicyclic) bond motifs is 1. The Labute approximate surface area is 136 Å². The SMILES string of the molecule is CCSc1nnc(NC(=O)CSc2nnc3n(N)cnn23)s1. The van der Waals surface area contributed by atoms with Gasteiger partial charge in [0.1, 0.15) is 6.33 Å². The molecule has 0 aliphatic rings. The van der Waals surface area contributed by atoms with Crippen LogP contribution < -0.4 is 11.2 Å². The van der Waals surface area contributed by atoms with Crippen LogP contribution in [0.2, 0.25) is 0 Å². The molecule has 0 fully saturated rings. The predicted molar refractivity (Wildman–Crippen MR) is 84.6 cm³/mol. The molecular weight excluding hydrogens is 346 g/mol. The highest BCUT2D eigenvalue weighted by Crippen LogP contribution is 2.25. The maximum Gasteiger partial charge on any atom is 0.273 e. The number of carbonyl (C=O) groups excluding carboxylic acids is 1. The van der Waals surface area contributed by atoms with Crippen molar-refractivity contribution in [3.8, 4) is 0 Å². The van der Waals surface area contributed by atoms with E-state index in [0.717, 1.165) is 10.1 Å². The maximum absolute atomic E-state index is 11.9. The number of aromatic nitrogens is 7. The third kappa shape index (κ3) is 3.15. The van der Waals surface area contributed by atoms with Crippen LogP contribution >= 0.6 is 34.9 Å². The lowest BCUT2D eigenvalue weighted by molar-refractivity contribution is -0.113. The molecule has 1 amide bonds. The van der Waals surface area contributed by atoms with Gasteiger partial charge in [0.25, 0.3) is 5.78 Å². The molecule has 3 aromatic heterocycles. The summed E-state index contributed by atoms with van der Waals surface area (Å²) < 4.78 is 3.56. The Morgan fingerprint density at radius 3 is 3.05 bits per heavy atom. The van der Waals surface area contributed by atoms with Gasteiger partial charge in [-0.15, -0.1) is 20.4 Å². The number of thioether (sulfide) groups is 2. The first-order valence-electron chi connectivity index (χ1n) is 6.10. The van der Waals surface area contributed by atoms with Gasteiger partial charge in [0.05, 0.1) is 5.75 Å². The van der Waals surface area contributed by atoms with E-state index in [4.69, 9.17) is 5.84 Å². The molecule has 22 heavy (non-hydrogen) atoms. The van der Waals surface area contributed by atoms with Gasteiger partial charge >= 0.3 is 0 Å². The second-order valence-corrected chi connectivity index (χ2v) is 7.31. The second kappa shape index (κ2) is 6.50. The molecule has 0 bridgehead atoms.